The van der Waals surface area contributed by atoms with Crippen LogP contribution in [-0.4, -0.2) is 5.67 Å². The van der Waals surface area contributed by atoms with Crippen LogP contribution in [0.1, 0.15) is 85.0 Å². The molecule has 0 rings (SSSR count). The lowest BCUT2D eigenvalue weighted by atomic mass is 10.0. The molecule has 0 bridgehead atoms. The lowest BCUT2D eigenvalue weighted by Gasteiger charge is -2.12. The first-order valence-corrected chi connectivity index (χ1v) is 6.75. The zero-order valence-electron chi connectivity index (χ0n) is 10.9. The van der Waals surface area contributed by atoms with Crippen molar-refractivity contribution in [2.75, 3.05) is 0 Å². The fourth-order valence-electron chi connectivity index (χ4n) is 1.86. The molecule has 0 nitrogen and oxygen atoms in total. The Morgan fingerprint density at radius 1 is 0.733 bits per heavy atom. The van der Waals surface area contributed by atoms with E-state index >= 15 is 0 Å². The van der Waals surface area contributed by atoms with E-state index < -0.39 is 5.67 Å². The van der Waals surface area contributed by atoms with Crippen LogP contribution in [0.25, 0.3) is 0 Å². The standard InChI is InChI=1S/C14H29F/c1-4-5-6-7-8-9-10-11-12-13-14(2,3)15/h4-13H2,1-3H3. The molecule has 0 aromatic rings. The van der Waals surface area contributed by atoms with Crippen molar-refractivity contribution < 1.29 is 4.39 Å². The van der Waals surface area contributed by atoms with Crippen molar-refractivity contribution in [1.29, 1.82) is 0 Å². The number of alkyl halides is 1. The predicted octanol–water partition coefficient (Wildman–Crippen LogP) is 5.66. The zero-order chi connectivity index (χ0) is 11.6. The number of rotatable bonds is 10. The molecule has 0 aliphatic rings. The van der Waals surface area contributed by atoms with Crippen molar-refractivity contribution >= 4 is 0 Å². The molecule has 0 N–H and O–H groups in total. The van der Waals surface area contributed by atoms with Crippen molar-refractivity contribution in [3.63, 3.8) is 0 Å². The number of hydrogen-bond acceptors (Lipinski definition) is 0. The molecule has 0 atom stereocenters. The monoisotopic (exact) mass is 216 g/mol. The minimum atomic E-state index is -0.957. The van der Waals surface area contributed by atoms with Gasteiger partial charge < -0.3 is 0 Å². The van der Waals surface area contributed by atoms with Crippen molar-refractivity contribution in [2.24, 2.45) is 0 Å². The van der Waals surface area contributed by atoms with Gasteiger partial charge in [-0.05, 0) is 20.3 Å². The molecule has 0 spiro atoms. The average Bonchev–Trinajstić information content (AvgIpc) is 2.14. The van der Waals surface area contributed by atoms with Crippen molar-refractivity contribution in [3.8, 4) is 0 Å². The molecule has 0 aromatic carbocycles. The highest BCUT2D eigenvalue weighted by molar-refractivity contribution is 4.65. The minimum Gasteiger partial charge on any atom is -0.245 e. The molecule has 1 heteroatoms. The smallest absolute Gasteiger partial charge is 0.105 e. The van der Waals surface area contributed by atoms with E-state index in [1.807, 2.05) is 0 Å². The van der Waals surface area contributed by atoms with Crippen LogP contribution < -0.4 is 0 Å². The summed E-state index contributed by atoms with van der Waals surface area (Å²) in [7, 11) is 0. The van der Waals surface area contributed by atoms with E-state index in [0.29, 0.717) is 0 Å². The van der Waals surface area contributed by atoms with Gasteiger partial charge in [0.1, 0.15) is 5.67 Å². The molecule has 0 amide bonds. The SMILES string of the molecule is CCCCCCCCCCCC(C)(C)F. The van der Waals surface area contributed by atoms with Crippen molar-refractivity contribution in [3.05, 3.63) is 0 Å². The highest BCUT2D eigenvalue weighted by Crippen LogP contribution is 2.19. The second-order valence-electron chi connectivity index (χ2n) is 5.30. The normalized spacial score (nSPS) is 12.0. The average molecular weight is 216 g/mol. The number of halogens is 1. The van der Waals surface area contributed by atoms with E-state index in [9.17, 15) is 4.39 Å². The van der Waals surface area contributed by atoms with Crippen LogP contribution >= 0.6 is 0 Å². The molecule has 0 saturated carbocycles. The molecular weight excluding hydrogens is 187 g/mol. The summed E-state index contributed by atoms with van der Waals surface area (Å²) in [5.41, 5.74) is -0.957. The highest BCUT2D eigenvalue weighted by Gasteiger charge is 2.13. The maximum absolute atomic E-state index is 13.1. The number of hydrogen-bond donors (Lipinski definition) is 0. The zero-order valence-corrected chi connectivity index (χ0v) is 10.9. The summed E-state index contributed by atoms with van der Waals surface area (Å²) in [6, 6.07) is 0. The van der Waals surface area contributed by atoms with Crippen LogP contribution in [0, 0.1) is 0 Å². The molecule has 0 saturated heterocycles. The van der Waals surface area contributed by atoms with E-state index in [0.717, 1.165) is 12.8 Å². The van der Waals surface area contributed by atoms with E-state index in [-0.39, 0.29) is 0 Å². The fraction of sp³-hybridized carbons (Fsp3) is 1.00. The van der Waals surface area contributed by atoms with Gasteiger partial charge in [0.05, 0.1) is 0 Å². The third kappa shape index (κ3) is 13.9. The van der Waals surface area contributed by atoms with Gasteiger partial charge in [-0.3, -0.25) is 0 Å². The van der Waals surface area contributed by atoms with Gasteiger partial charge in [-0.15, -0.1) is 0 Å². The van der Waals surface area contributed by atoms with Gasteiger partial charge in [0.2, 0.25) is 0 Å². The quantitative estimate of drug-likeness (QED) is 0.414. The lowest BCUT2D eigenvalue weighted by molar-refractivity contribution is 0.195. The van der Waals surface area contributed by atoms with Gasteiger partial charge in [-0.25, -0.2) is 4.39 Å². The molecule has 0 heterocycles. The van der Waals surface area contributed by atoms with Crippen LogP contribution in [0.2, 0.25) is 0 Å². The molecule has 0 aliphatic heterocycles. The Balaban J connectivity index is 2.99. The first kappa shape index (κ1) is 14.9. The third-order valence-electron chi connectivity index (χ3n) is 2.87. The maximum atomic E-state index is 13.1. The van der Waals surface area contributed by atoms with E-state index in [4.69, 9.17) is 0 Å². The van der Waals surface area contributed by atoms with Crippen molar-refractivity contribution in [2.45, 2.75) is 90.6 Å². The van der Waals surface area contributed by atoms with Crippen LogP contribution in [0.5, 0.6) is 0 Å². The van der Waals surface area contributed by atoms with Crippen molar-refractivity contribution in [1.82, 2.24) is 0 Å². The summed E-state index contributed by atoms with van der Waals surface area (Å²) in [5, 5.41) is 0. The topological polar surface area (TPSA) is 0 Å². The first-order valence-electron chi connectivity index (χ1n) is 6.75. The summed E-state index contributed by atoms with van der Waals surface area (Å²) < 4.78 is 13.1. The van der Waals surface area contributed by atoms with Crippen LogP contribution in [0.4, 0.5) is 4.39 Å². The Labute approximate surface area is 95.6 Å². The van der Waals surface area contributed by atoms with Crippen LogP contribution in [-0.2, 0) is 0 Å². The molecule has 0 fully saturated rings. The summed E-state index contributed by atoms with van der Waals surface area (Å²) >= 11 is 0. The Morgan fingerprint density at radius 2 is 1.13 bits per heavy atom. The third-order valence-corrected chi connectivity index (χ3v) is 2.87. The van der Waals surface area contributed by atoms with Crippen LogP contribution in [0.15, 0.2) is 0 Å². The number of unbranched alkanes of at least 4 members (excludes halogenated alkanes) is 8. The van der Waals surface area contributed by atoms with Gasteiger partial charge in [-0.2, -0.15) is 0 Å². The van der Waals surface area contributed by atoms with Crippen LogP contribution in [0.3, 0.4) is 0 Å². The maximum Gasteiger partial charge on any atom is 0.105 e. The molecule has 0 radical (unpaired) electrons. The lowest BCUT2D eigenvalue weighted by Crippen LogP contribution is -2.10. The highest BCUT2D eigenvalue weighted by atomic mass is 19.1. The Bertz CT molecular complexity index is 124. The van der Waals surface area contributed by atoms with E-state index in [1.54, 1.807) is 13.8 Å². The molecule has 0 unspecified atom stereocenters. The Morgan fingerprint density at radius 3 is 1.53 bits per heavy atom. The molecule has 0 aromatic heterocycles. The first-order chi connectivity index (χ1) is 7.06. The van der Waals surface area contributed by atoms with Gasteiger partial charge in [0, 0.05) is 0 Å². The predicted molar refractivity (Wildman–Crippen MR) is 67.0 cm³/mol. The fourth-order valence-corrected chi connectivity index (χ4v) is 1.86. The molecule has 0 aliphatic carbocycles. The van der Waals surface area contributed by atoms with E-state index in [2.05, 4.69) is 6.92 Å². The van der Waals surface area contributed by atoms with Gasteiger partial charge in [-0.1, -0.05) is 64.7 Å². The van der Waals surface area contributed by atoms with E-state index in [1.165, 1.54) is 51.4 Å². The largest absolute Gasteiger partial charge is 0.245 e. The minimum absolute atomic E-state index is 0.725. The second-order valence-corrected chi connectivity index (χ2v) is 5.30. The van der Waals surface area contributed by atoms with Gasteiger partial charge in [0.25, 0.3) is 0 Å². The second kappa shape index (κ2) is 9.18. The molecule has 92 valence electrons. The summed E-state index contributed by atoms with van der Waals surface area (Å²) in [6.45, 7) is 5.61. The Kier molecular flexibility index (Phi) is 9.13. The molecule has 15 heavy (non-hydrogen) atoms. The Hall–Kier alpha value is -0.0700. The van der Waals surface area contributed by atoms with Gasteiger partial charge >= 0.3 is 0 Å². The summed E-state index contributed by atoms with van der Waals surface area (Å²) in [5.74, 6) is 0. The molecular formula is C14H29F. The summed E-state index contributed by atoms with van der Waals surface area (Å²) in [4.78, 5) is 0. The van der Waals surface area contributed by atoms with Gasteiger partial charge in [0.15, 0.2) is 0 Å². The summed E-state index contributed by atoms with van der Waals surface area (Å²) in [6.07, 6.45) is 12.5.